The van der Waals surface area contributed by atoms with Crippen LogP contribution in [0, 0.1) is 29.6 Å². The Hall–Kier alpha value is -0.600. The van der Waals surface area contributed by atoms with Crippen LogP contribution in [0.25, 0.3) is 0 Å². The lowest BCUT2D eigenvalue weighted by atomic mass is 9.68. The Bertz CT molecular complexity index is 484. The van der Waals surface area contributed by atoms with E-state index in [1.165, 1.54) is 6.92 Å². The molecule has 0 radical (unpaired) electrons. The number of alkyl halides is 8. The van der Waals surface area contributed by atoms with Gasteiger partial charge in [-0.1, -0.05) is 20.3 Å². The molecule has 1 nitrogen and oxygen atoms in total. The van der Waals surface area contributed by atoms with Crippen molar-refractivity contribution < 1.29 is 40.2 Å². The van der Waals surface area contributed by atoms with Gasteiger partial charge in [-0.3, -0.25) is 0 Å². The molecule has 2 fully saturated rings. The first-order valence-electron chi connectivity index (χ1n) is 8.90. The van der Waals surface area contributed by atoms with Crippen molar-refractivity contribution in [3.05, 3.63) is 0 Å². The normalized spacial score (nSPS) is 33.1. The van der Waals surface area contributed by atoms with Gasteiger partial charge in [0.05, 0.1) is 0 Å². The van der Waals surface area contributed by atoms with E-state index < -0.39 is 60.9 Å². The predicted octanol–water partition coefficient (Wildman–Crippen LogP) is 5.97. The van der Waals surface area contributed by atoms with Gasteiger partial charge in [-0.25, -0.2) is 8.78 Å². The highest BCUT2D eigenvalue weighted by Crippen LogP contribution is 2.62. The first-order valence-corrected chi connectivity index (χ1v) is 8.90. The van der Waals surface area contributed by atoms with Crippen molar-refractivity contribution in [2.24, 2.45) is 29.6 Å². The predicted molar refractivity (Wildman–Crippen MR) is 78.5 cm³/mol. The van der Waals surface area contributed by atoms with Crippen LogP contribution in [0.4, 0.5) is 35.1 Å². The van der Waals surface area contributed by atoms with Crippen LogP contribution < -0.4 is 0 Å². The monoisotopic (exact) mass is 396 g/mol. The van der Waals surface area contributed by atoms with Crippen molar-refractivity contribution >= 4 is 0 Å². The van der Waals surface area contributed by atoms with E-state index in [0.29, 0.717) is 12.8 Å². The van der Waals surface area contributed by atoms with Gasteiger partial charge in [-0.05, 0) is 48.9 Å². The maximum absolute atomic E-state index is 13.9. The van der Waals surface area contributed by atoms with Crippen molar-refractivity contribution in [3.63, 3.8) is 0 Å². The van der Waals surface area contributed by atoms with Crippen molar-refractivity contribution in [1.82, 2.24) is 0 Å². The highest BCUT2D eigenvalue weighted by atomic mass is 19.4. The first-order chi connectivity index (χ1) is 11.7. The molecule has 2 bridgehead atoms. The maximum atomic E-state index is 13.9. The zero-order valence-electron chi connectivity index (χ0n) is 14.6. The number of halogens is 8. The molecule has 9 heteroatoms. The zero-order chi connectivity index (χ0) is 20.1. The second-order valence-corrected chi connectivity index (χ2v) is 7.86. The lowest BCUT2D eigenvalue weighted by molar-refractivity contribution is -0.373. The number of rotatable bonds is 6. The van der Waals surface area contributed by atoms with Crippen LogP contribution >= 0.6 is 0 Å². The third-order valence-corrected chi connectivity index (χ3v) is 6.51. The summed E-state index contributed by atoms with van der Waals surface area (Å²) >= 11 is 0. The smallest absolute Gasteiger partial charge is 0.374 e. The molecule has 5 unspecified atom stereocenters. The van der Waals surface area contributed by atoms with E-state index >= 15 is 0 Å². The SMILES string of the molecule is CCC1C2CC(CC(O)(C(F)(F)F)C(F)(F)F)C(C2)C1CC(F)(F)CC. The Morgan fingerprint density at radius 2 is 1.35 bits per heavy atom. The van der Waals surface area contributed by atoms with Crippen molar-refractivity contribution in [3.8, 4) is 0 Å². The fourth-order valence-corrected chi connectivity index (χ4v) is 5.18. The van der Waals surface area contributed by atoms with Gasteiger partial charge in [0.2, 0.25) is 5.92 Å². The van der Waals surface area contributed by atoms with Gasteiger partial charge < -0.3 is 5.11 Å². The summed E-state index contributed by atoms with van der Waals surface area (Å²) in [7, 11) is 0. The lowest BCUT2D eigenvalue weighted by Gasteiger charge is -2.41. The third kappa shape index (κ3) is 3.69. The van der Waals surface area contributed by atoms with Crippen LogP contribution in [0.15, 0.2) is 0 Å². The van der Waals surface area contributed by atoms with E-state index in [0.717, 1.165) is 0 Å². The van der Waals surface area contributed by atoms with E-state index in [9.17, 15) is 40.2 Å². The first kappa shape index (κ1) is 21.7. The molecular weight excluding hydrogens is 372 g/mol. The van der Waals surface area contributed by atoms with Gasteiger partial charge in [0.25, 0.3) is 5.60 Å². The molecule has 0 spiro atoms. The quantitative estimate of drug-likeness (QED) is 0.549. The summed E-state index contributed by atoms with van der Waals surface area (Å²) in [6.07, 6.45) is -13.1. The number of hydrogen-bond donors (Lipinski definition) is 1. The highest BCUT2D eigenvalue weighted by molar-refractivity contribution is 5.05. The van der Waals surface area contributed by atoms with Crippen LogP contribution in [-0.4, -0.2) is 29.0 Å². The lowest BCUT2D eigenvalue weighted by Crippen LogP contribution is -2.58. The average molecular weight is 396 g/mol. The van der Waals surface area contributed by atoms with Crippen LogP contribution in [-0.2, 0) is 0 Å². The Morgan fingerprint density at radius 1 is 0.808 bits per heavy atom. The molecule has 154 valence electrons. The van der Waals surface area contributed by atoms with Gasteiger partial charge in [0.1, 0.15) is 0 Å². The molecule has 0 amide bonds. The largest absolute Gasteiger partial charge is 0.426 e. The summed E-state index contributed by atoms with van der Waals surface area (Å²) in [5.41, 5.74) is -4.80. The summed E-state index contributed by atoms with van der Waals surface area (Å²) in [6, 6.07) is 0. The molecule has 0 aromatic rings. The molecule has 0 aromatic carbocycles. The molecule has 2 aliphatic carbocycles. The van der Waals surface area contributed by atoms with Crippen LogP contribution in [0.2, 0.25) is 0 Å². The molecule has 5 atom stereocenters. The van der Waals surface area contributed by atoms with Crippen molar-refractivity contribution in [2.75, 3.05) is 0 Å². The Morgan fingerprint density at radius 3 is 1.77 bits per heavy atom. The minimum Gasteiger partial charge on any atom is -0.374 e. The summed E-state index contributed by atoms with van der Waals surface area (Å²) in [5.74, 6) is -5.56. The molecule has 2 aliphatic rings. The molecule has 26 heavy (non-hydrogen) atoms. The van der Waals surface area contributed by atoms with E-state index in [1.54, 1.807) is 6.92 Å². The van der Waals surface area contributed by atoms with Gasteiger partial charge in [0.15, 0.2) is 0 Å². The van der Waals surface area contributed by atoms with E-state index in [1.807, 2.05) is 0 Å². The summed E-state index contributed by atoms with van der Waals surface area (Å²) < 4.78 is 106. The summed E-state index contributed by atoms with van der Waals surface area (Å²) in [6.45, 7) is 3.11. The fourth-order valence-electron chi connectivity index (χ4n) is 5.18. The van der Waals surface area contributed by atoms with Gasteiger partial charge >= 0.3 is 12.4 Å². The Kier molecular flexibility index (Phi) is 5.66. The van der Waals surface area contributed by atoms with E-state index in [4.69, 9.17) is 0 Å². The number of fused-ring (bicyclic) bond motifs is 2. The van der Waals surface area contributed by atoms with Crippen LogP contribution in [0.5, 0.6) is 0 Å². The maximum Gasteiger partial charge on any atom is 0.426 e. The second-order valence-electron chi connectivity index (χ2n) is 7.86. The van der Waals surface area contributed by atoms with Gasteiger partial charge in [0, 0.05) is 12.8 Å². The molecule has 0 saturated heterocycles. The van der Waals surface area contributed by atoms with Gasteiger partial charge in [-0.15, -0.1) is 0 Å². The molecule has 0 aliphatic heterocycles. The highest BCUT2D eigenvalue weighted by Gasteiger charge is 2.71. The summed E-state index contributed by atoms with van der Waals surface area (Å²) in [4.78, 5) is 0. The van der Waals surface area contributed by atoms with Crippen molar-refractivity contribution in [2.45, 2.75) is 76.2 Å². The minimum atomic E-state index is -5.86. The molecular formula is C17H24F8O. The van der Waals surface area contributed by atoms with Crippen LogP contribution in [0.3, 0.4) is 0 Å². The average Bonchev–Trinajstić information content (AvgIpc) is 3.01. The zero-order valence-corrected chi connectivity index (χ0v) is 14.6. The number of hydrogen-bond acceptors (Lipinski definition) is 1. The molecule has 0 heterocycles. The number of aliphatic hydroxyl groups is 1. The fraction of sp³-hybridized carbons (Fsp3) is 1.00. The van der Waals surface area contributed by atoms with Crippen LogP contribution in [0.1, 0.15) is 52.4 Å². The standard InChI is InChI=1S/C17H24F8O/c1-3-11-9-5-10(7-15(26,16(20,21)22)17(23,24)25)12(6-9)13(11)8-14(18,19)4-2/h9-13,26H,3-8H2,1-2H3. The van der Waals surface area contributed by atoms with Crippen molar-refractivity contribution in [1.29, 1.82) is 0 Å². The minimum absolute atomic E-state index is 0.112. The Labute approximate surface area is 147 Å². The molecule has 1 N–H and O–H groups in total. The molecule has 0 aromatic heterocycles. The third-order valence-electron chi connectivity index (χ3n) is 6.51. The topological polar surface area (TPSA) is 20.2 Å². The molecule has 2 rings (SSSR count). The summed E-state index contributed by atoms with van der Waals surface area (Å²) in [5, 5.41) is 9.46. The van der Waals surface area contributed by atoms with E-state index in [-0.39, 0.29) is 18.3 Å². The Balaban J connectivity index is 2.25. The molecule has 2 saturated carbocycles. The second kappa shape index (κ2) is 6.78. The van der Waals surface area contributed by atoms with Gasteiger partial charge in [-0.2, -0.15) is 26.3 Å². The van der Waals surface area contributed by atoms with E-state index in [2.05, 4.69) is 0 Å².